The van der Waals surface area contributed by atoms with Crippen LogP contribution in [0.3, 0.4) is 0 Å². The van der Waals surface area contributed by atoms with Gasteiger partial charge in [-0.15, -0.1) is 0 Å². The van der Waals surface area contributed by atoms with E-state index in [4.69, 9.17) is 4.74 Å². The molecule has 0 aromatic heterocycles. The van der Waals surface area contributed by atoms with E-state index in [1.807, 2.05) is 13.1 Å². The van der Waals surface area contributed by atoms with Crippen molar-refractivity contribution in [1.82, 2.24) is 5.32 Å². The fourth-order valence-electron chi connectivity index (χ4n) is 2.39. The number of aryl methyl sites for hydroxylation is 1. The Kier molecular flexibility index (Phi) is 5.85. The number of methoxy groups -OCH3 is 1. The van der Waals surface area contributed by atoms with Crippen LogP contribution in [0.4, 0.5) is 0 Å². The third kappa shape index (κ3) is 4.09. The molecule has 2 aromatic rings. The normalized spacial score (nSPS) is 12.2. The summed E-state index contributed by atoms with van der Waals surface area (Å²) in [6.45, 7) is 2.07. The second kappa shape index (κ2) is 7.43. The van der Waals surface area contributed by atoms with Gasteiger partial charge in [-0.1, -0.05) is 44.0 Å². The fraction of sp³-hybridized carbons (Fsp3) is 0.294. The van der Waals surface area contributed by atoms with Crippen LogP contribution in [0.15, 0.2) is 45.3 Å². The molecule has 0 fully saturated rings. The molecule has 2 rings (SSSR count). The van der Waals surface area contributed by atoms with E-state index in [9.17, 15) is 0 Å². The zero-order chi connectivity index (χ0) is 15.4. The summed E-state index contributed by atoms with van der Waals surface area (Å²) >= 11 is 7.14. The van der Waals surface area contributed by atoms with Crippen molar-refractivity contribution >= 4 is 31.9 Å². The minimum Gasteiger partial charge on any atom is -0.496 e. The topological polar surface area (TPSA) is 21.3 Å². The third-order valence-corrected chi connectivity index (χ3v) is 4.91. The fourth-order valence-corrected chi connectivity index (χ4v) is 3.19. The first kappa shape index (κ1) is 16.5. The van der Waals surface area contributed by atoms with Crippen LogP contribution in [-0.2, 0) is 6.42 Å². The summed E-state index contributed by atoms with van der Waals surface area (Å²) < 4.78 is 7.76. The number of hydrogen-bond donors (Lipinski definition) is 1. The summed E-state index contributed by atoms with van der Waals surface area (Å²) in [5.74, 6) is 0.921. The average molecular weight is 413 g/mol. The van der Waals surface area contributed by atoms with Crippen LogP contribution in [0, 0.1) is 6.92 Å². The Hall–Kier alpha value is -0.840. The van der Waals surface area contributed by atoms with Gasteiger partial charge in [0.1, 0.15) is 5.75 Å². The van der Waals surface area contributed by atoms with Crippen molar-refractivity contribution in [2.45, 2.75) is 19.4 Å². The first-order valence-electron chi connectivity index (χ1n) is 6.81. The molecule has 2 nitrogen and oxygen atoms in total. The second-order valence-electron chi connectivity index (χ2n) is 5.02. The Morgan fingerprint density at radius 3 is 2.57 bits per heavy atom. The van der Waals surface area contributed by atoms with Gasteiger partial charge >= 0.3 is 0 Å². The summed E-state index contributed by atoms with van der Waals surface area (Å²) in [6.07, 6.45) is 0.905. The average Bonchev–Trinajstić information content (AvgIpc) is 2.47. The largest absolute Gasteiger partial charge is 0.496 e. The summed E-state index contributed by atoms with van der Waals surface area (Å²) in [6, 6.07) is 12.8. The van der Waals surface area contributed by atoms with Gasteiger partial charge in [0.2, 0.25) is 0 Å². The lowest BCUT2D eigenvalue weighted by molar-refractivity contribution is 0.400. The highest BCUT2D eigenvalue weighted by Gasteiger charge is 2.17. The second-order valence-corrected chi connectivity index (χ2v) is 6.79. The molecule has 0 saturated heterocycles. The molecule has 0 heterocycles. The Labute approximate surface area is 143 Å². The molecule has 0 bridgehead atoms. The van der Waals surface area contributed by atoms with E-state index in [2.05, 4.69) is 74.4 Å². The summed E-state index contributed by atoms with van der Waals surface area (Å²) in [5, 5.41) is 3.39. The van der Waals surface area contributed by atoms with Crippen LogP contribution in [0.2, 0.25) is 0 Å². The lowest BCUT2D eigenvalue weighted by Gasteiger charge is -2.21. The highest BCUT2D eigenvalue weighted by Crippen LogP contribution is 2.33. The van der Waals surface area contributed by atoms with Gasteiger partial charge in [0.05, 0.1) is 7.11 Å². The highest BCUT2D eigenvalue weighted by molar-refractivity contribution is 9.10. The molecule has 0 saturated carbocycles. The van der Waals surface area contributed by atoms with Crippen LogP contribution in [0.5, 0.6) is 5.75 Å². The number of hydrogen-bond acceptors (Lipinski definition) is 2. The minimum absolute atomic E-state index is 0.200. The van der Waals surface area contributed by atoms with Gasteiger partial charge in [-0.25, -0.2) is 0 Å². The van der Waals surface area contributed by atoms with E-state index in [1.54, 1.807) is 7.11 Å². The summed E-state index contributed by atoms with van der Waals surface area (Å²) in [4.78, 5) is 0. The van der Waals surface area contributed by atoms with E-state index < -0.39 is 0 Å². The third-order valence-electron chi connectivity index (χ3n) is 3.56. The van der Waals surface area contributed by atoms with E-state index in [0.717, 1.165) is 26.7 Å². The van der Waals surface area contributed by atoms with Crippen LogP contribution in [0.1, 0.15) is 22.7 Å². The molecule has 0 amide bonds. The smallest absolute Gasteiger partial charge is 0.123 e. The van der Waals surface area contributed by atoms with Crippen LogP contribution in [-0.4, -0.2) is 14.2 Å². The predicted molar refractivity (Wildman–Crippen MR) is 95.1 cm³/mol. The Bertz CT molecular complexity index is 628. The van der Waals surface area contributed by atoms with Crippen molar-refractivity contribution in [3.8, 4) is 5.75 Å². The Morgan fingerprint density at radius 1 is 1.19 bits per heavy atom. The molecule has 112 valence electrons. The monoisotopic (exact) mass is 411 g/mol. The maximum atomic E-state index is 5.56. The molecule has 1 atom stereocenters. The predicted octanol–water partition coefficient (Wildman–Crippen LogP) is 5.03. The molecule has 0 aliphatic rings. The molecular weight excluding hydrogens is 394 g/mol. The van der Waals surface area contributed by atoms with Crippen molar-refractivity contribution in [3.05, 3.63) is 62.0 Å². The van der Waals surface area contributed by atoms with Crippen molar-refractivity contribution in [2.24, 2.45) is 0 Å². The number of halogens is 2. The van der Waals surface area contributed by atoms with Gasteiger partial charge in [0.25, 0.3) is 0 Å². The first-order chi connectivity index (χ1) is 10.0. The molecule has 1 unspecified atom stereocenters. The maximum absolute atomic E-state index is 5.56. The standard InChI is InChI=1S/C17H19Br2NO/c1-11-7-17(21-3)14(10-15(11)19)16(20-2)9-12-5-4-6-13(18)8-12/h4-8,10,16,20H,9H2,1-3H3. The van der Waals surface area contributed by atoms with Gasteiger partial charge in [-0.3, -0.25) is 0 Å². The van der Waals surface area contributed by atoms with Crippen molar-refractivity contribution in [1.29, 1.82) is 0 Å². The number of ether oxygens (including phenoxy) is 1. The van der Waals surface area contributed by atoms with Crippen molar-refractivity contribution in [2.75, 3.05) is 14.2 Å². The van der Waals surface area contributed by atoms with Gasteiger partial charge in [0.15, 0.2) is 0 Å². The van der Waals surface area contributed by atoms with Crippen LogP contribution < -0.4 is 10.1 Å². The lowest BCUT2D eigenvalue weighted by atomic mass is 9.97. The molecule has 4 heteroatoms. The molecule has 0 radical (unpaired) electrons. The summed E-state index contributed by atoms with van der Waals surface area (Å²) in [5.41, 5.74) is 3.62. The minimum atomic E-state index is 0.200. The molecule has 2 aromatic carbocycles. The van der Waals surface area contributed by atoms with E-state index in [0.29, 0.717) is 0 Å². The summed E-state index contributed by atoms with van der Waals surface area (Å²) in [7, 11) is 3.70. The zero-order valence-electron chi connectivity index (χ0n) is 12.4. The van der Waals surface area contributed by atoms with Crippen molar-refractivity contribution in [3.63, 3.8) is 0 Å². The van der Waals surface area contributed by atoms with E-state index in [-0.39, 0.29) is 6.04 Å². The van der Waals surface area contributed by atoms with Crippen LogP contribution >= 0.6 is 31.9 Å². The first-order valence-corrected chi connectivity index (χ1v) is 8.39. The zero-order valence-corrected chi connectivity index (χ0v) is 15.6. The quantitative estimate of drug-likeness (QED) is 0.743. The van der Waals surface area contributed by atoms with Gasteiger partial charge in [-0.2, -0.15) is 0 Å². The van der Waals surface area contributed by atoms with Gasteiger partial charge in [0, 0.05) is 20.6 Å². The Balaban J connectivity index is 2.35. The molecule has 0 aliphatic carbocycles. The lowest BCUT2D eigenvalue weighted by Crippen LogP contribution is -2.19. The highest BCUT2D eigenvalue weighted by atomic mass is 79.9. The molecule has 21 heavy (non-hydrogen) atoms. The number of benzene rings is 2. The SMILES string of the molecule is CNC(Cc1cccc(Br)c1)c1cc(Br)c(C)cc1OC. The molecule has 0 spiro atoms. The van der Waals surface area contributed by atoms with Crippen LogP contribution in [0.25, 0.3) is 0 Å². The molecular formula is C17H19Br2NO. The number of rotatable bonds is 5. The van der Waals surface area contributed by atoms with Gasteiger partial charge in [-0.05, 0) is 55.8 Å². The Morgan fingerprint density at radius 2 is 1.95 bits per heavy atom. The maximum Gasteiger partial charge on any atom is 0.123 e. The van der Waals surface area contributed by atoms with Crippen molar-refractivity contribution < 1.29 is 4.74 Å². The number of likely N-dealkylation sites (N-methyl/N-ethyl adjacent to an activating group) is 1. The number of nitrogens with one attached hydrogen (secondary N) is 1. The molecule has 0 aliphatic heterocycles. The van der Waals surface area contributed by atoms with E-state index >= 15 is 0 Å². The van der Waals surface area contributed by atoms with Gasteiger partial charge < -0.3 is 10.1 Å². The molecule has 1 N–H and O–H groups in total. The van der Waals surface area contributed by atoms with E-state index in [1.165, 1.54) is 11.1 Å².